The van der Waals surface area contributed by atoms with E-state index in [1.807, 2.05) is 41.7 Å². The van der Waals surface area contributed by atoms with Crippen LogP contribution in [-0.4, -0.2) is 6.61 Å². The zero-order chi connectivity index (χ0) is 14.5. The Labute approximate surface area is 129 Å². The molecule has 0 amide bonds. The minimum absolute atomic E-state index is 0.0919. The van der Waals surface area contributed by atoms with Gasteiger partial charge in [0.25, 0.3) is 0 Å². The maximum absolute atomic E-state index is 8.61. The predicted molar refractivity (Wildman–Crippen MR) is 84.4 cm³/mol. The zero-order valence-electron chi connectivity index (χ0n) is 11.9. The Morgan fingerprint density at radius 3 is 3.00 bits per heavy atom. The van der Waals surface area contributed by atoms with Gasteiger partial charge < -0.3 is 10.1 Å². The number of rotatable bonds is 6. The topological polar surface area (TPSA) is 45.0 Å². The number of benzene rings is 1. The minimum atomic E-state index is 0.0919. The third-order valence-corrected chi connectivity index (χ3v) is 4.91. The highest BCUT2D eigenvalue weighted by Crippen LogP contribution is 2.30. The monoisotopic (exact) mass is 298 g/mol. The lowest BCUT2D eigenvalue weighted by Crippen LogP contribution is -2.13. The molecule has 0 bridgehead atoms. The molecule has 1 aromatic carbocycles. The van der Waals surface area contributed by atoms with E-state index in [2.05, 4.69) is 11.4 Å². The Morgan fingerprint density at radius 2 is 2.14 bits per heavy atom. The number of hydrogen-bond acceptors (Lipinski definition) is 4. The van der Waals surface area contributed by atoms with E-state index in [0.717, 1.165) is 24.4 Å². The number of hydrogen-bond donors (Lipinski definition) is 1. The molecule has 3 nitrogen and oxygen atoms in total. The summed E-state index contributed by atoms with van der Waals surface area (Å²) in [7, 11) is 0. The van der Waals surface area contributed by atoms with Crippen molar-refractivity contribution in [3.8, 4) is 11.8 Å². The fraction of sp³-hybridized carbons (Fsp3) is 0.353. The number of ether oxygens (including phenoxy) is 1. The molecular weight excluding hydrogens is 280 g/mol. The van der Waals surface area contributed by atoms with E-state index in [4.69, 9.17) is 10.00 Å². The molecule has 0 aliphatic heterocycles. The highest BCUT2D eigenvalue weighted by atomic mass is 32.1. The molecule has 0 saturated carbocycles. The van der Waals surface area contributed by atoms with E-state index in [0.29, 0.717) is 0 Å². The summed E-state index contributed by atoms with van der Waals surface area (Å²) in [6.45, 7) is 1.74. The molecule has 1 aromatic heterocycles. The highest BCUT2D eigenvalue weighted by Gasteiger charge is 2.14. The molecule has 0 spiro atoms. The Kier molecular flexibility index (Phi) is 4.54. The molecule has 108 valence electrons. The number of nitrogens with zero attached hydrogens (tertiary/aromatic N) is 1. The van der Waals surface area contributed by atoms with Gasteiger partial charge in [-0.15, -0.1) is 11.3 Å². The lowest BCUT2D eigenvalue weighted by molar-refractivity contribution is 0.362. The SMILES string of the molecule is N#CCOc1ccccc1CNCc1cc2c(s1)CCC2. The maximum atomic E-state index is 8.61. The Bertz CT molecular complexity index is 636. The van der Waals surface area contributed by atoms with Gasteiger partial charge in [0.15, 0.2) is 6.61 Å². The van der Waals surface area contributed by atoms with Crippen LogP contribution in [0.1, 0.15) is 27.3 Å². The average molecular weight is 298 g/mol. The second-order valence-corrected chi connectivity index (χ2v) is 6.39. The number of aryl methyl sites for hydroxylation is 2. The van der Waals surface area contributed by atoms with Crippen molar-refractivity contribution >= 4 is 11.3 Å². The summed E-state index contributed by atoms with van der Waals surface area (Å²) in [6, 6.07) is 12.2. The van der Waals surface area contributed by atoms with Crippen LogP contribution in [0.15, 0.2) is 30.3 Å². The summed E-state index contributed by atoms with van der Waals surface area (Å²) >= 11 is 1.94. The quantitative estimate of drug-likeness (QED) is 0.888. The number of nitriles is 1. The molecule has 0 fully saturated rings. The van der Waals surface area contributed by atoms with Gasteiger partial charge in [-0.05, 0) is 37.0 Å². The van der Waals surface area contributed by atoms with Crippen LogP contribution < -0.4 is 10.1 Å². The van der Waals surface area contributed by atoms with Crippen LogP contribution in [0.25, 0.3) is 0 Å². The van der Waals surface area contributed by atoms with E-state index in [1.54, 1.807) is 10.4 Å². The molecule has 0 radical (unpaired) electrons. The second-order valence-electron chi connectivity index (χ2n) is 5.17. The summed E-state index contributed by atoms with van der Waals surface area (Å²) in [5.41, 5.74) is 2.64. The van der Waals surface area contributed by atoms with Gasteiger partial charge in [0.05, 0.1) is 0 Å². The molecule has 4 heteroatoms. The third kappa shape index (κ3) is 3.44. The minimum Gasteiger partial charge on any atom is -0.478 e. The third-order valence-electron chi connectivity index (χ3n) is 3.68. The van der Waals surface area contributed by atoms with Crippen LogP contribution >= 0.6 is 11.3 Å². The van der Waals surface area contributed by atoms with E-state index >= 15 is 0 Å². The molecule has 0 saturated heterocycles. The van der Waals surface area contributed by atoms with E-state index in [9.17, 15) is 0 Å². The zero-order valence-corrected chi connectivity index (χ0v) is 12.7. The lowest BCUT2D eigenvalue weighted by Gasteiger charge is -2.09. The Balaban J connectivity index is 1.56. The van der Waals surface area contributed by atoms with Crippen LogP contribution in [-0.2, 0) is 25.9 Å². The lowest BCUT2D eigenvalue weighted by atomic mass is 10.2. The first kappa shape index (κ1) is 14.1. The van der Waals surface area contributed by atoms with E-state index < -0.39 is 0 Å². The second kappa shape index (κ2) is 6.75. The predicted octanol–water partition coefficient (Wildman–Crippen LogP) is 3.43. The van der Waals surface area contributed by atoms with Crippen molar-refractivity contribution < 1.29 is 4.74 Å². The van der Waals surface area contributed by atoms with Crippen LogP contribution in [0.5, 0.6) is 5.75 Å². The number of para-hydroxylation sites is 1. The van der Waals surface area contributed by atoms with Crippen molar-refractivity contribution in [1.29, 1.82) is 5.26 Å². The van der Waals surface area contributed by atoms with Crippen LogP contribution in [0.4, 0.5) is 0 Å². The summed E-state index contributed by atoms with van der Waals surface area (Å²) in [4.78, 5) is 2.99. The van der Waals surface area contributed by atoms with Crippen molar-refractivity contribution in [1.82, 2.24) is 5.32 Å². The maximum Gasteiger partial charge on any atom is 0.174 e. The molecule has 2 aromatic rings. The standard InChI is InChI=1S/C17H18N2OS/c18-8-9-20-16-6-2-1-4-14(16)11-19-12-15-10-13-5-3-7-17(13)21-15/h1-2,4,6,10,19H,3,5,7,9,11-12H2. The average Bonchev–Trinajstić information content (AvgIpc) is 3.07. The van der Waals surface area contributed by atoms with Crippen molar-refractivity contribution in [3.05, 3.63) is 51.2 Å². The summed E-state index contributed by atoms with van der Waals surface area (Å²) < 4.78 is 5.44. The molecule has 1 N–H and O–H groups in total. The number of nitrogens with one attached hydrogen (secondary N) is 1. The molecular formula is C17H18N2OS. The molecule has 0 unspecified atom stereocenters. The fourth-order valence-corrected chi connectivity index (χ4v) is 3.93. The Hall–Kier alpha value is -1.83. The highest BCUT2D eigenvalue weighted by molar-refractivity contribution is 7.12. The number of fused-ring (bicyclic) bond motifs is 1. The van der Waals surface area contributed by atoms with Gasteiger partial charge in [-0.25, -0.2) is 0 Å². The first-order chi connectivity index (χ1) is 10.4. The molecule has 3 rings (SSSR count). The van der Waals surface area contributed by atoms with Crippen molar-refractivity contribution in [2.75, 3.05) is 6.61 Å². The molecule has 21 heavy (non-hydrogen) atoms. The number of thiophene rings is 1. The fourth-order valence-electron chi connectivity index (χ4n) is 2.70. The first-order valence-corrected chi connectivity index (χ1v) is 8.07. The van der Waals surface area contributed by atoms with Gasteiger partial charge in [-0.1, -0.05) is 18.2 Å². The first-order valence-electron chi connectivity index (χ1n) is 7.25. The van der Waals surface area contributed by atoms with Crippen LogP contribution in [0.3, 0.4) is 0 Å². The Morgan fingerprint density at radius 1 is 1.24 bits per heavy atom. The van der Waals surface area contributed by atoms with Gasteiger partial charge in [-0.2, -0.15) is 5.26 Å². The largest absolute Gasteiger partial charge is 0.478 e. The molecule has 1 heterocycles. The van der Waals surface area contributed by atoms with Crippen LogP contribution in [0, 0.1) is 11.3 Å². The van der Waals surface area contributed by atoms with Gasteiger partial charge in [0.2, 0.25) is 0 Å². The molecule has 1 aliphatic carbocycles. The van der Waals surface area contributed by atoms with Gasteiger partial charge >= 0.3 is 0 Å². The van der Waals surface area contributed by atoms with E-state index in [-0.39, 0.29) is 6.61 Å². The van der Waals surface area contributed by atoms with Crippen molar-refractivity contribution in [3.63, 3.8) is 0 Å². The summed E-state index contributed by atoms with van der Waals surface area (Å²) in [6.07, 6.45) is 3.82. The molecule has 1 aliphatic rings. The van der Waals surface area contributed by atoms with Gasteiger partial charge in [0, 0.05) is 28.4 Å². The summed E-state index contributed by atoms with van der Waals surface area (Å²) in [5, 5.41) is 12.1. The summed E-state index contributed by atoms with van der Waals surface area (Å²) in [5.74, 6) is 0.792. The van der Waals surface area contributed by atoms with Gasteiger partial charge in [-0.3, -0.25) is 0 Å². The van der Waals surface area contributed by atoms with E-state index in [1.165, 1.54) is 24.1 Å². The molecule has 0 atom stereocenters. The normalized spacial score (nSPS) is 12.9. The van der Waals surface area contributed by atoms with Crippen molar-refractivity contribution in [2.45, 2.75) is 32.4 Å². The smallest absolute Gasteiger partial charge is 0.174 e. The van der Waals surface area contributed by atoms with Crippen molar-refractivity contribution in [2.24, 2.45) is 0 Å². The van der Waals surface area contributed by atoms with Gasteiger partial charge in [0.1, 0.15) is 11.8 Å². The van der Waals surface area contributed by atoms with Crippen LogP contribution in [0.2, 0.25) is 0 Å².